The van der Waals surface area contributed by atoms with Crippen LogP contribution in [0.15, 0.2) is 48.8 Å². The molecule has 2 N–H and O–H groups in total. The Bertz CT molecular complexity index is 1040. The molecule has 0 bridgehead atoms. The lowest BCUT2D eigenvalue weighted by Crippen LogP contribution is -2.40. The first-order valence-corrected chi connectivity index (χ1v) is 9.08. The van der Waals surface area contributed by atoms with Gasteiger partial charge >= 0.3 is 0 Å². The highest BCUT2D eigenvalue weighted by Crippen LogP contribution is 2.27. The number of aryl methyl sites for hydroxylation is 1. The van der Waals surface area contributed by atoms with E-state index in [0.717, 1.165) is 16.3 Å². The summed E-state index contributed by atoms with van der Waals surface area (Å²) >= 11 is 11.9. The van der Waals surface area contributed by atoms with Crippen LogP contribution in [0.2, 0.25) is 10.0 Å². The van der Waals surface area contributed by atoms with Gasteiger partial charge in [-0.05, 0) is 36.8 Å². The third-order valence-corrected chi connectivity index (χ3v) is 4.56. The Labute approximate surface area is 171 Å². The van der Waals surface area contributed by atoms with Crippen molar-refractivity contribution in [2.75, 3.05) is 17.7 Å². The number of aromatic nitrogens is 1. The predicted octanol–water partition coefficient (Wildman–Crippen LogP) is 4.44. The first-order chi connectivity index (χ1) is 13.4. The Morgan fingerprint density at radius 1 is 1.04 bits per heavy atom. The Kier molecular flexibility index (Phi) is 6.14. The average molecular weight is 418 g/mol. The molecule has 0 spiro atoms. The summed E-state index contributed by atoms with van der Waals surface area (Å²) in [5.41, 5.74) is 1.82. The van der Waals surface area contributed by atoms with E-state index in [1.54, 1.807) is 18.5 Å². The van der Waals surface area contributed by atoms with E-state index in [1.165, 1.54) is 25.3 Å². The molecule has 3 rings (SSSR count). The number of fused-ring (bicyclic) bond motifs is 1. The van der Waals surface area contributed by atoms with E-state index in [0.29, 0.717) is 21.4 Å². The normalized spacial score (nSPS) is 11.9. The van der Waals surface area contributed by atoms with Crippen molar-refractivity contribution in [1.29, 1.82) is 0 Å². The molecule has 0 fully saturated rings. The van der Waals surface area contributed by atoms with Gasteiger partial charge in [0.2, 0.25) is 6.10 Å². The number of carbonyl (C=O) groups excluding carboxylic acids is 2. The first kappa shape index (κ1) is 20.1. The molecule has 28 heavy (non-hydrogen) atoms. The maximum Gasteiger partial charge on any atom is 0.263 e. The minimum absolute atomic E-state index is 0.362. The van der Waals surface area contributed by atoms with Crippen LogP contribution in [0.4, 0.5) is 11.4 Å². The minimum Gasteiger partial charge on any atom is -0.362 e. The fourth-order valence-electron chi connectivity index (χ4n) is 2.80. The van der Waals surface area contributed by atoms with Crippen LogP contribution in [0.25, 0.3) is 10.8 Å². The monoisotopic (exact) mass is 417 g/mol. The fraction of sp³-hybridized carbons (Fsp3) is 0.150. The lowest BCUT2D eigenvalue weighted by Gasteiger charge is -2.17. The number of ether oxygens (including phenoxy) is 1. The molecule has 0 radical (unpaired) electrons. The maximum absolute atomic E-state index is 12.7. The van der Waals surface area contributed by atoms with Crippen molar-refractivity contribution < 1.29 is 14.3 Å². The van der Waals surface area contributed by atoms with Crippen LogP contribution in [-0.4, -0.2) is 30.0 Å². The quantitative estimate of drug-likeness (QED) is 0.601. The van der Waals surface area contributed by atoms with E-state index in [4.69, 9.17) is 27.9 Å². The summed E-state index contributed by atoms with van der Waals surface area (Å²) in [6, 6.07) is 10.2. The number of hydrogen-bond acceptors (Lipinski definition) is 4. The van der Waals surface area contributed by atoms with Crippen LogP contribution >= 0.6 is 23.2 Å². The number of nitrogens with one attached hydrogen (secondary N) is 2. The van der Waals surface area contributed by atoms with Crippen LogP contribution in [0, 0.1) is 6.92 Å². The Morgan fingerprint density at radius 3 is 2.39 bits per heavy atom. The summed E-state index contributed by atoms with van der Waals surface area (Å²) in [6.07, 6.45) is 1.98. The molecule has 1 aromatic heterocycles. The number of hydrogen-bond donors (Lipinski definition) is 2. The molecule has 0 saturated carbocycles. The summed E-state index contributed by atoms with van der Waals surface area (Å²) in [5.74, 6) is -1.24. The first-order valence-electron chi connectivity index (χ1n) is 8.33. The highest BCUT2D eigenvalue weighted by atomic mass is 35.5. The van der Waals surface area contributed by atoms with Crippen molar-refractivity contribution >= 4 is 57.2 Å². The summed E-state index contributed by atoms with van der Waals surface area (Å²) in [5, 5.41) is 7.79. The number of rotatable bonds is 5. The average Bonchev–Trinajstić information content (AvgIpc) is 2.64. The number of methoxy groups -OCH3 is 1. The van der Waals surface area contributed by atoms with E-state index >= 15 is 0 Å². The fourth-order valence-corrected chi connectivity index (χ4v) is 3.33. The van der Waals surface area contributed by atoms with E-state index < -0.39 is 17.9 Å². The van der Waals surface area contributed by atoms with Gasteiger partial charge in [0.25, 0.3) is 11.8 Å². The Morgan fingerprint density at radius 2 is 1.71 bits per heavy atom. The smallest absolute Gasteiger partial charge is 0.263 e. The number of carbonyl (C=O) groups is 2. The van der Waals surface area contributed by atoms with Crippen molar-refractivity contribution in [2.45, 2.75) is 13.0 Å². The highest BCUT2D eigenvalue weighted by molar-refractivity contribution is 6.35. The van der Waals surface area contributed by atoms with Gasteiger partial charge in [-0.2, -0.15) is 0 Å². The molecule has 0 aliphatic carbocycles. The molecule has 6 nitrogen and oxygen atoms in total. The van der Waals surface area contributed by atoms with Crippen LogP contribution in [0.3, 0.4) is 0 Å². The van der Waals surface area contributed by atoms with Gasteiger partial charge in [-0.3, -0.25) is 14.6 Å². The largest absolute Gasteiger partial charge is 0.362 e. The maximum atomic E-state index is 12.7. The molecule has 144 valence electrons. The second kappa shape index (κ2) is 8.56. The molecule has 2 aromatic carbocycles. The third kappa shape index (κ3) is 4.42. The number of halogens is 2. The standard InChI is InChI=1S/C20H17Cl2N3O3/c1-11-3-4-12-10-23-6-5-16(12)17(11)25-20(27)18(28-2)19(26)24-15-8-13(21)7-14(22)9-15/h3-10,18H,1-2H3,(H,24,26)(H,25,27). The summed E-state index contributed by atoms with van der Waals surface area (Å²) in [7, 11) is 1.29. The zero-order valence-electron chi connectivity index (χ0n) is 15.1. The molecule has 1 heterocycles. The van der Waals surface area contributed by atoms with Crippen LogP contribution < -0.4 is 10.6 Å². The van der Waals surface area contributed by atoms with E-state index in [9.17, 15) is 9.59 Å². The van der Waals surface area contributed by atoms with Gasteiger partial charge in [0.1, 0.15) is 0 Å². The second-order valence-electron chi connectivity index (χ2n) is 6.11. The van der Waals surface area contributed by atoms with Crippen molar-refractivity contribution in [3.05, 3.63) is 64.4 Å². The molecule has 8 heteroatoms. The molecule has 1 atom stereocenters. The Balaban J connectivity index is 1.82. The number of amides is 2. The minimum atomic E-state index is -1.37. The summed E-state index contributed by atoms with van der Waals surface area (Å²) < 4.78 is 5.13. The summed E-state index contributed by atoms with van der Waals surface area (Å²) in [6.45, 7) is 1.87. The van der Waals surface area contributed by atoms with Crippen molar-refractivity contribution in [2.24, 2.45) is 0 Å². The van der Waals surface area contributed by atoms with Gasteiger partial charge in [-0.25, -0.2) is 0 Å². The number of anilines is 2. The number of benzene rings is 2. The third-order valence-electron chi connectivity index (χ3n) is 4.12. The van der Waals surface area contributed by atoms with Gasteiger partial charge in [-0.15, -0.1) is 0 Å². The SMILES string of the molecule is COC(C(=O)Nc1cc(Cl)cc(Cl)c1)C(=O)Nc1c(C)ccc2cnccc12. The highest BCUT2D eigenvalue weighted by Gasteiger charge is 2.27. The molecule has 3 aromatic rings. The lowest BCUT2D eigenvalue weighted by molar-refractivity contribution is -0.136. The van der Waals surface area contributed by atoms with Crippen LogP contribution in [-0.2, 0) is 14.3 Å². The van der Waals surface area contributed by atoms with Gasteiger partial charge in [0, 0.05) is 46.0 Å². The number of pyridine rings is 1. The van der Waals surface area contributed by atoms with Gasteiger partial charge < -0.3 is 15.4 Å². The zero-order chi connectivity index (χ0) is 20.3. The predicted molar refractivity (Wildman–Crippen MR) is 111 cm³/mol. The topological polar surface area (TPSA) is 80.3 Å². The van der Waals surface area contributed by atoms with Gasteiger partial charge in [0.15, 0.2) is 0 Å². The van der Waals surface area contributed by atoms with Crippen LogP contribution in [0.5, 0.6) is 0 Å². The summed E-state index contributed by atoms with van der Waals surface area (Å²) in [4.78, 5) is 29.4. The van der Waals surface area contributed by atoms with Crippen molar-refractivity contribution in [3.8, 4) is 0 Å². The molecule has 0 aliphatic heterocycles. The molecule has 1 unspecified atom stereocenters. The zero-order valence-corrected chi connectivity index (χ0v) is 16.6. The van der Waals surface area contributed by atoms with E-state index in [-0.39, 0.29) is 0 Å². The molecular formula is C20H17Cl2N3O3. The van der Waals surface area contributed by atoms with Crippen molar-refractivity contribution in [3.63, 3.8) is 0 Å². The van der Waals surface area contributed by atoms with Gasteiger partial charge in [0.05, 0.1) is 5.69 Å². The molecule has 2 amide bonds. The lowest BCUT2D eigenvalue weighted by atomic mass is 10.1. The van der Waals surface area contributed by atoms with Crippen LogP contribution in [0.1, 0.15) is 5.56 Å². The molecular weight excluding hydrogens is 401 g/mol. The van der Waals surface area contributed by atoms with E-state index in [2.05, 4.69) is 15.6 Å². The van der Waals surface area contributed by atoms with Gasteiger partial charge in [-0.1, -0.05) is 35.3 Å². The van der Waals surface area contributed by atoms with Crippen molar-refractivity contribution in [1.82, 2.24) is 4.98 Å². The number of nitrogens with zero attached hydrogens (tertiary/aromatic N) is 1. The second-order valence-corrected chi connectivity index (χ2v) is 6.98. The van der Waals surface area contributed by atoms with E-state index in [1.807, 2.05) is 19.1 Å². The Hall–Kier alpha value is -2.67. The molecule has 0 aliphatic rings. The molecule has 0 saturated heterocycles.